The summed E-state index contributed by atoms with van der Waals surface area (Å²) in [7, 11) is 0. The average molecular weight is 1080 g/mol. The van der Waals surface area contributed by atoms with Crippen molar-refractivity contribution in [3.8, 4) is 0 Å². The monoisotopic (exact) mass is 1080 g/mol. The average Bonchev–Trinajstić information content (AvgIpc) is 3.43. The SMILES string of the molecule is CCCCCC/C=C\C/C=C\CCCCCCCCCC(=O)OCCCCCCCCCCCCCCCCCCCCCCCCCCCCCCCC(=O)NC(CO)C(O)CCCCCCCCCCCCCCC. The van der Waals surface area contributed by atoms with Gasteiger partial charge in [0.05, 0.1) is 25.4 Å². The first-order valence-corrected chi connectivity index (χ1v) is 35.1. The van der Waals surface area contributed by atoms with E-state index < -0.39 is 12.1 Å². The number of carbonyl (C=O) groups excluding carboxylic acids is 2. The first kappa shape index (κ1) is 75.3. The molecule has 6 nitrogen and oxygen atoms in total. The van der Waals surface area contributed by atoms with Crippen molar-refractivity contribution in [1.82, 2.24) is 5.32 Å². The van der Waals surface area contributed by atoms with Crippen molar-refractivity contribution >= 4 is 11.9 Å². The van der Waals surface area contributed by atoms with Gasteiger partial charge in [-0.2, -0.15) is 0 Å². The zero-order chi connectivity index (χ0) is 55.7. The number of nitrogens with one attached hydrogen (secondary N) is 1. The molecule has 0 bridgehead atoms. The molecule has 77 heavy (non-hydrogen) atoms. The Morgan fingerprint density at radius 2 is 0.649 bits per heavy atom. The van der Waals surface area contributed by atoms with Crippen LogP contribution < -0.4 is 5.32 Å². The van der Waals surface area contributed by atoms with E-state index in [0.29, 0.717) is 25.9 Å². The number of allylic oxidation sites excluding steroid dienone is 4. The van der Waals surface area contributed by atoms with Crippen molar-refractivity contribution in [1.29, 1.82) is 0 Å². The fraction of sp³-hybridized carbons (Fsp3) is 0.915. The van der Waals surface area contributed by atoms with Gasteiger partial charge in [0.25, 0.3) is 0 Å². The summed E-state index contributed by atoms with van der Waals surface area (Å²) >= 11 is 0. The quantitative estimate of drug-likeness (QED) is 0.0320. The zero-order valence-electron chi connectivity index (χ0n) is 52.2. The van der Waals surface area contributed by atoms with Gasteiger partial charge in [-0.25, -0.2) is 0 Å². The number of hydrogen-bond acceptors (Lipinski definition) is 5. The molecular formula is C71H137NO5. The summed E-state index contributed by atoms with van der Waals surface area (Å²) in [5, 5.41) is 23.3. The first-order chi connectivity index (χ1) is 38.0. The van der Waals surface area contributed by atoms with Gasteiger partial charge in [0, 0.05) is 12.8 Å². The Bertz CT molecular complexity index is 1200. The molecule has 0 heterocycles. The molecule has 456 valence electrons. The van der Waals surface area contributed by atoms with Crippen molar-refractivity contribution in [2.75, 3.05) is 13.2 Å². The minimum absolute atomic E-state index is 0.0127. The number of amides is 1. The lowest BCUT2D eigenvalue weighted by atomic mass is 10.0. The maximum atomic E-state index is 12.5. The Morgan fingerprint density at radius 1 is 0.364 bits per heavy atom. The van der Waals surface area contributed by atoms with E-state index >= 15 is 0 Å². The minimum Gasteiger partial charge on any atom is -0.466 e. The van der Waals surface area contributed by atoms with Crippen LogP contribution in [0.15, 0.2) is 24.3 Å². The van der Waals surface area contributed by atoms with E-state index in [1.807, 2.05) is 0 Å². The van der Waals surface area contributed by atoms with E-state index in [-0.39, 0.29) is 18.5 Å². The highest BCUT2D eigenvalue weighted by Crippen LogP contribution is 2.19. The standard InChI is InChI=1S/C71H137NO5/c1-3-5-7-9-11-13-15-17-18-19-34-37-41-45-49-53-57-61-65-71(76)77-66-62-58-54-50-46-42-38-35-32-30-28-26-24-22-20-21-23-25-27-29-31-33-36-40-44-48-52-56-60-64-70(75)72-68(67-73)69(74)63-59-55-51-47-43-39-16-14-12-10-8-6-4-2/h13,15,18-19,68-69,73-74H,3-12,14,16-17,20-67H2,1-2H3,(H,72,75)/b15-13-,19-18-. The highest BCUT2D eigenvalue weighted by molar-refractivity contribution is 5.76. The second kappa shape index (κ2) is 66.8. The molecule has 0 fully saturated rings. The van der Waals surface area contributed by atoms with Crippen molar-refractivity contribution in [3.05, 3.63) is 24.3 Å². The Kier molecular flexibility index (Phi) is 65.4. The Morgan fingerprint density at radius 3 is 1.00 bits per heavy atom. The predicted octanol–water partition coefficient (Wildman–Crippen LogP) is 22.5. The fourth-order valence-electron chi connectivity index (χ4n) is 11.1. The molecule has 0 radical (unpaired) electrons. The molecule has 0 aromatic rings. The van der Waals surface area contributed by atoms with Crippen LogP contribution >= 0.6 is 0 Å². The van der Waals surface area contributed by atoms with Gasteiger partial charge >= 0.3 is 5.97 Å². The van der Waals surface area contributed by atoms with E-state index in [1.165, 1.54) is 308 Å². The number of aliphatic hydroxyl groups is 2. The molecule has 2 unspecified atom stereocenters. The van der Waals surface area contributed by atoms with Crippen LogP contribution in [-0.2, 0) is 14.3 Å². The third-order valence-electron chi connectivity index (χ3n) is 16.5. The second-order valence-electron chi connectivity index (χ2n) is 24.2. The lowest BCUT2D eigenvalue weighted by Crippen LogP contribution is -2.45. The van der Waals surface area contributed by atoms with Crippen LogP contribution in [0.1, 0.15) is 393 Å². The van der Waals surface area contributed by atoms with Crippen molar-refractivity contribution in [2.45, 2.75) is 405 Å². The summed E-state index contributed by atoms with van der Waals surface area (Å²) in [5.74, 6) is -0.0167. The van der Waals surface area contributed by atoms with Gasteiger partial charge in [0.1, 0.15) is 0 Å². The molecule has 0 spiro atoms. The number of esters is 1. The van der Waals surface area contributed by atoms with Gasteiger partial charge < -0.3 is 20.3 Å². The molecule has 0 aromatic heterocycles. The summed E-state index contributed by atoms with van der Waals surface area (Å²) < 4.78 is 5.50. The number of ether oxygens (including phenoxy) is 1. The lowest BCUT2D eigenvalue weighted by molar-refractivity contribution is -0.143. The van der Waals surface area contributed by atoms with Crippen molar-refractivity contribution in [3.63, 3.8) is 0 Å². The third-order valence-corrected chi connectivity index (χ3v) is 16.5. The summed E-state index contributed by atoms with van der Waals surface area (Å²) in [6.45, 7) is 4.96. The van der Waals surface area contributed by atoms with Crippen LogP contribution in [0.3, 0.4) is 0 Å². The van der Waals surface area contributed by atoms with Crippen LogP contribution in [0.2, 0.25) is 0 Å². The van der Waals surface area contributed by atoms with E-state index in [0.717, 1.165) is 51.4 Å². The molecule has 0 aromatic carbocycles. The Hall–Kier alpha value is -1.66. The normalized spacial score (nSPS) is 12.6. The molecule has 3 N–H and O–H groups in total. The van der Waals surface area contributed by atoms with Crippen molar-refractivity contribution < 1.29 is 24.5 Å². The van der Waals surface area contributed by atoms with Gasteiger partial charge in [-0.05, 0) is 57.8 Å². The maximum Gasteiger partial charge on any atom is 0.305 e. The van der Waals surface area contributed by atoms with Gasteiger partial charge in [-0.15, -0.1) is 0 Å². The Balaban J connectivity index is 3.32. The smallest absolute Gasteiger partial charge is 0.305 e. The maximum absolute atomic E-state index is 12.5. The van der Waals surface area contributed by atoms with Crippen molar-refractivity contribution in [2.24, 2.45) is 0 Å². The van der Waals surface area contributed by atoms with Crippen LogP contribution in [0, 0.1) is 0 Å². The van der Waals surface area contributed by atoms with Crippen LogP contribution in [0.4, 0.5) is 0 Å². The number of hydrogen-bond donors (Lipinski definition) is 3. The first-order valence-electron chi connectivity index (χ1n) is 35.1. The number of aliphatic hydroxyl groups excluding tert-OH is 2. The van der Waals surface area contributed by atoms with Gasteiger partial charge in [0.15, 0.2) is 0 Å². The zero-order valence-corrected chi connectivity index (χ0v) is 52.2. The highest BCUT2D eigenvalue weighted by atomic mass is 16.5. The second-order valence-corrected chi connectivity index (χ2v) is 24.2. The molecule has 2 atom stereocenters. The molecule has 0 aliphatic rings. The summed E-state index contributed by atoms with van der Waals surface area (Å²) in [6, 6.07) is -0.538. The largest absolute Gasteiger partial charge is 0.466 e. The lowest BCUT2D eigenvalue weighted by Gasteiger charge is -2.22. The molecule has 0 saturated carbocycles. The number of rotatable bonds is 66. The van der Waals surface area contributed by atoms with Crippen LogP contribution in [0.5, 0.6) is 0 Å². The molecule has 0 saturated heterocycles. The van der Waals surface area contributed by atoms with E-state index in [2.05, 4.69) is 43.5 Å². The van der Waals surface area contributed by atoms with Gasteiger partial charge in [0.2, 0.25) is 5.91 Å². The highest BCUT2D eigenvalue weighted by Gasteiger charge is 2.20. The minimum atomic E-state index is -0.661. The fourth-order valence-corrected chi connectivity index (χ4v) is 11.1. The van der Waals surface area contributed by atoms with Gasteiger partial charge in [-0.1, -0.05) is 346 Å². The molecule has 6 heteroatoms. The summed E-state index contributed by atoms with van der Waals surface area (Å²) in [4.78, 5) is 24.6. The molecular weight excluding hydrogens is 947 g/mol. The Labute approximate surface area is 481 Å². The van der Waals surface area contributed by atoms with Crippen LogP contribution in [-0.4, -0.2) is 47.4 Å². The third kappa shape index (κ3) is 63.4. The van der Waals surface area contributed by atoms with E-state index in [9.17, 15) is 19.8 Å². The summed E-state index contributed by atoms with van der Waals surface area (Å²) in [5.41, 5.74) is 0. The topological polar surface area (TPSA) is 95.9 Å². The number of unbranched alkanes of at least 4 members (excludes halogenated alkanes) is 51. The van der Waals surface area contributed by atoms with Gasteiger partial charge in [-0.3, -0.25) is 9.59 Å². The van der Waals surface area contributed by atoms with E-state index in [1.54, 1.807) is 0 Å². The number of carbonyl (C=O) groups is 2. The summed E-state index contributed by atoms with van der Waals surface area (Å²) in [6.07, 6.45) is 83.7. The molecule has 1 amide bonds. The molecule has 0 aliphatic heterocycles. The predicted molar refractivity (Wildman–Crippen MR) is 338 cm³/mol. The van der Waals surface area contributed by atoms with E-state index in [4.69, 9.17) is 4.74 Å². The molecule has 0 rings (SSSR count). The molecule has 0 aliphatic carbocycles. The van der Waals surface area contributed by atoms with Crippen LogP contribution in [0.25, 0.3) is 0 Å².